The number of carbonyl (C=O) groups is 2. The third kappa shape index (κ3) is 3.02. The van der Waals surface area contributed by atoms with Gasteiger partial charge in [0.05, 0.1) is 11.6 Å². The van der Waals surface area contributed by atoms with Crippen LogP contribution in [0.4, 0.5) is 0 Å². The van der Waals surface area contributed by atoms with E-state index in [9.17, 15) is 9.59 Å². The second kappa shape index (κ2) is 5.82. The Labute approximate surface area is 118 Å². The van der Waals surface area contributed by atoms with Gasteiger partial charge in [-0.2, -0.15) is 0 Å². The van der Waals surface area contributed by atoms with E-state index in [1.807, 2.05) is 44.2 Å². The Kier molecular flexibility index (Phi) is 4.13. The van der Waals surface area contributed by atoms with Gasteiger partial charge in [-0.15, -0.1) is 0 Å². The highest BCUT2D eigenvalue weighted by Crippen LogP contribution is 2.12. The van der Waals surface area contributed by atoms with Gasteiger partial charge in [0.15, 0.2) is 5.78 Å². The van der Waals surface area contributed by atoms with Gasteiger partial charge in [-0.1, -0.05) is 38.1 Å². The summed E-state index contributed by atoms with van der Waals surface area (Å²) in [6.45, 7) is 5.29. The minimum atomic E-state index is -0.476. The Balaban J connectivity index is 2.24. The number of nitrogens with zero attached hydrogens (tertiary/aromatic N) is 1. The number of fused-ring (bicyclic) bond motifs is 1. The third-order valence-corrected chi connectivity index (χ3v) is 3.22. The number of rotatable bonds is 4. The molecule has 0 bridgehead atoms. The molecule has 0 aliphatic heterocycles. The summed E-state index contributed by atoms with van der Waals surface area (Å²) in [7, 11) is 0. The number of amides is 1. The van der Waals surface area contributed by atoms with Crippen molar-refractivity contribution in [3.63, 3.8) is 0 Å². The van der Waals surface area contributed by atoms with Crippen LogP contribution in [0.25, 0.3) is 10.9 Å². The van der Waals surface area contributed by atoms with E-state index in [0.717, 1.165) is 10.9 Å². The molecule has 0 radical (unpaired) electrons. The highest BCUT2D eigenvalue weighted by molar-refractivity contribution is 5.97. The predicted octanol–water partition coefficient (Wildman–Crippen LogP) is 2.58. The van der Waals surface area contributed by atoms with E-state index in [0.29, 0.717) is 5.69 Å². The van der Waals surface area contributed by atoms with Gasteiger partial charge in [0, 0.05) is 5.39 Å². The molecule has 20 heavy (non-hydrogen) atoms. The molecule has 0 saturated heterocycles. The van der Waals surface area contributed by atoms with Crippen LogP contribution in [0.1, 0.15) is 31.3 Å². The van der Waals surface area contributed by atoms with Crippen LogP contribution in [0, 0.1) is 5.92 Å². The number of nitrogens with one attached hydrogen (secondary N) is 1. The molecule has 4 heteroatoms. The van der Waals surface area contributed by atoms with Crippen molar-refractivity contribution >= 4 is 22.6 Å². The first kappa shape index (κ1) is 14.2. The summed E-state index contributed by atoms with van der Waals surface area (Å²) in [4.78, 5) is 28.0. The summed E-state index contributed by atoms with van der Waals surface area (Å²) >= 11 is 0. The molecule has 0 aliphatic carbocycles. The number of para-hydroxylation sites is 1. The largest absolute Gasteiger partial charge is 0.341 e. The van der Waals surface area contributed by atoms with Crippen molar-refractivity contribution in [1.82, 2.24) is 10.3 Å². The van der Waals surface area contributed by atoms with E-state index >= 15 is 0 Å². The van der Waals surface area contributed by atoms with E-state index < -0.39 is 6.04 Å². The molecule has 0 fully saturated rings. The second-order valence-electron chi connectivity index (χ2n) is 5.19. The van der Waals surface area contributed by atoms with Crippen LogP contribution in [0.2, 0.25) is 0 Å². The quantitative estimate of drug-likeness (QED) is 0.929. The lowest BCUT2D eigenvalue weighted by Crippen LogP contribution is -2.43. The zero-order chi connectivity index (χ0) is 14.7. The van der Waals surface area contributed by atoms with E-state index in [2.05, 4.69) is 10.3 Å². The van der Waals surface area contributed by atoms with Gasteiger partial charge in [-0.3, -0.25) is 9.59 Å². The first-order valence-corrected chi connectivity index (χ1v) is 6.66. The van der Waals surface area contributed by atoms with Crippen molar-refractivity contribution in [3.05, 3.63) is 42.1 Å². The SMILES string of the molecule is CC(=O)C(NC(=O)c1ccc2ccccc2n1)C(C)C. The summed E-state index contributed by atoms with van der Waals surface area (Å²) in [5, 5.41) is 3.73. The normalized spacial score (nSPS) is 12.4. The van der Waals surface area contributed by atoms with Gasteiger partial charge in [0.1, 0.15) is 5.69 Å². The average molecular weight is 270 g/mol. The fourth-order valence-electron chi connectivity index (χ4n) is 2.15. The number of hydrogen-bond donors (Lipinski definition) is 1. The molecule has 0 saturated carbocycles. The molecule has 1 amide bonds. The molecule has 1 aromatic heterocycles. The molecule has 104 valence electrons. The maximum atomic E-state index is 12.2. The summed E-state index contributed by atoms with van der Waals surface area (Å²) in [6, 6.07) is 10.7. The zero-order valence-corrected chi connectivity index (χ0v) is 11.9. The highest BCUT2D eigenvalue weighted by atomic mass is 16.2. The van der Waals surface area contributed by atoms with E-state index in [1.54, 1.807) is 6.07 Å². The Hall–Kier alpha value is -2.23. The Morgan fingerprint density at radius 1 is 1.10 bits per heavy atom. The summed E-state index contributed by atoms with van der Waals surface area (Å²) in [6.07, 6.45) is 0. The summed E-state index contributed by atoms with van der Waals surface area (Å²) < 4.78 is 0. The van der Waals surface area contributed by atoms with Gasteiger partial charge in [-0.25, -0.2) is 4.98 Å². The van der Waals surface area contributed by atoms with Gasteiger partial charge in [0.2, 0.25) is 0 Å². The van der Waals surface area contributed by atoms with Crippen LogP contribution in [0.15, 0.2) is 36.4 Å². The number of ketones is 1. The molecule has 0 spiro atoms. The average Bonchev–Trinajstić information content (AvgIpc) is 2.43. The van der Waals surface area contributed by atoms with Crippen LogP contribution in [-0.4, -0.2) is 22.7 Å². The zero-order valence-electron chi connectivity index (χ0n) is 11.9. The highest BCUT2D eigenvalue weighted by Gasteiger charge is 2.21. The van der Waals surface area contributed by atoms with Gasteiger partial charge >= 0.3 is 0 Å². The van der Waals surface area contributed by atoms with Gasteiger partial charge in [-0.05, 0) is 25.0 Å². The Morgan fingerprint density at radius 3 is 2.45 bits per heavy atom. The van der Waals surface area contributed by atoms with Crippen LogP contribution in [-0.2, 0) is 4.79 Å². The first-order valence-electron chi connectivity index (χ1n) is 6.66. The first-order chi connectivity index (χ1) is 9.49. The molecule has 0 aliphatic rings. The molecule has 1 unspecified atom stereocenters. The lowest BCUT2D eigenvalue weighted by atomic mass is 10.0. The maximum absolute atomic E-state index is 12.2. The van der Waals surface area contributed by atoms with Crippen molar-refractivity contribution in [1.29, 1.82) is 0 Å². The van der Waals surface area contributed by atoms with Crippen LogP contribution in [0.3, 0.4) is 0 Å². The summed E-state index contributed by atoms with van der Waals surface area (Å²) in [5.41, 5.74) is 1.10. The topological polar surface area (TPSA) is 59.1 Å². The number of aromatic nitrogens is 1. The van der Waals surface area contributed by atoms with Crippen molar-refractivity contribution in [2.24, 2.45) is 5.92 Å². The standard InChI is InChI=1S/C16H18N2O2/c1-10(2)15(11(3)19)18-16(20)14-9-8-12-6-4-5-7-13(12)17-14/h4-10,15H,1-3H3,(H,18,20). The van der Waals surface area contributed by atoms with Gasteiger partial charge in [0.25, 0.3) is 5.91 Å². The molecule has 1 atom stereocenters. The van der Waals surface area contributed by atoms with Crippen molar-refractivity contribution in [3.8, 4) is 0 Å². The minimum absolute atomic E-state index is 0.0471. The lowest BCUT2D eigenvalue weighted by Gasteiger charge is -2.19. The van der Waals surface area contributed by atoms with Crippen molar-refractivity contribution < 1.29 is 9.59 Å². The molecule has 2 aromatic rings. The van der Waals surface area contributed by atoms with Crippen molar-refractivity contribution in [2.75, 3.05) is 0 Å². The van der Waals surface area contributed by atoms with E-state index in [4.69, 9.17) is 0 Å². The molecule has 4 nitrogen and oxygen atoms in total. The fourth-order valence-corrected chi connectivity index (χ4v) is 2.15. The van der Waals surface area contributed by atoms with Crippen LogP contribution in [0.5, 0.6) is 0 Å². The predicted molar refractivity (Wildman–Crippen MR) is 78.5 cm³/mol. The Morgan fingerprint density at radius 2 is 1.80 bits per heavy atom. The summed E-state index contributed by atoms with van der Waals surface area (Å²) in [5.74, 6) is -0.310. The molecule has 2 rings (SSSR count). The molecule has 1 N–H and O–H groups in total. The number of hydrogen-bond acceptors (Lipinski definition) is 3. The Bertz CT molecular complexity index is 650. The monoisotopic (exact) mass is 270 g/mol. The maximum Gasteiger partial charge on any atom is 0.270 e. The number of Topliss-reactive ketones (excluding diaryl/α,β-unsaturated/α-hetero) is 1. The van der Waals surface area contributed by atoms with Crippen LogP contribution >= 0.6 is 0 Å². The smallest absolute Gasteiger partial charge is 0.270 e. The molecular formula is C16H18N2O2. The van der Waals surface area contributed by atoms with Crippen LogP contribution < -0.4 is 5.32 Å². The third-order valence-electron chi connectivity index (χ3n) is 3.22. The molecule has 1 aromatic carbocycles. The number of carbonyl (C=O) groups excluding carboxylic acids is 2. The minimum Gasteiger partial charge on any atom is -0.341 e. The molecule has 1 heterocycles. The van der Waals surface area contributed by atoms with Gasteiger partial charge < -0.3 is 5.32 Å². The fraction of sp³-hybridized carbons (Fsp3) is 0.312. The lowest BCUT2D eigenvalue weighted by molar-refractivity contribution is -0.119. The number of benzene rings is 1. The molecular weight excluding hydrogens is 252 g/mol. The van der Waals surface area contributed by atoms with E-state index in [1.165, 1.54) is 6.92 Å². The van der Waals surface area contributed by atoms with Crippen molar-refractivity contribution in [2.45, 2.75) is 26.8 Å². The second-order valence-corrected chi connectivity index (χ2v) is 5.19. The number of pyridine rings is 1. The van der Waals surface area contributed by atoms with E-state index in [-0.39, 0.29) is 17.6 Å².